The maximum Gasteiger partial charge on any atom is 0.416 e. The Balaban J connectivity index is 1.80. The van der Waals surface area contributed by atoms with Gasteiger partial charge in [0.2, 0.25) is 0 Å². The fourth-order valence-electron chi connectivity index (χ4n) is 4.90. The van der Waals surface area contributed by atoms with Gasteiger partial charge in [-0.1, -0.05) is 13.0 Å². The molecule has 3 aromatic carbocycles. The first-order chi connectivity index (χ1) is 19.8. The van der Waals surface area contributed by atoms with Crippen LogP contribution in [0, 0.1) is 5.82 Å². The van der Waals surface area contributed by atoms with Crippen LogP contribution >= 0.6 is 0 Å². The lowest BCUT2D eigenvalue weighted by Gasteiger charge is -2.24. The summed E-state index contributed by atoms with van der Waals surface area (Å²) in [6.07, 6.45) is -17.7. The van der Waals surface area contributed by atoms with E-state index in [9.17, 15) is 48.7 Å². The van der Waals surface area contributed by atoms with Crippen LogP contribution in [0.1, 0.15) is 53.3 Å². The molecule has 0 aliphatic carbocycles. The number of carbonyl (C=O) groups excluding carboxylic acids is 1. The number of ether oxygens (including phenoxy) is 2. The van der Waals surface area contributed by atoms with Gasteiger partial charge in [-0.3, -0.25) is 4.90 Å². The van der Waals surface area contributed by atoms with Crippen LogP contribution in [-0.4, -0.2) is 24.1 Å². The van der Waals surface area contributed by atoms with Crippen molar-refractivity contribution in [2.75, 3.05) is 7.11 Å². The van der Waals surface area contributed by atoms with Gasteiger partial charge < -0.3 is 9.47 Å². The molecular formula is C29H23F10NO3. The molecule has 1 amide bonds. The quantitative estimate of drug-likeness (QED) is 0.257. The Bertz CT molecular complexity index is 1500. The summed E-state index contributed by atoms with van der Waals surface area (Å²) in [5, 5.41) is 0. The van der Waals surface area contributed by atoms with Crippen molar-refractivity contribution < 1.29 is 58.2 Å². The van der Waals surface area contributed by atoms with E-state index in [1.54, 1.807) is 6.92 Å². The summed E-state index contributed by atoms with van der Waals surface area (Å²) in [5.74, 6) is -0.635. The van der Waals surface area contributed by atoms with Crippen LogP contribution in [-0.2, 0) is 36.2 Å². The fourth-order valence-corrected chi connectivity index (χ4v) is 4.90. The van der Waals surface area contributed by atoms with Crippen molar-refractivity contribution in [2.45, 2.75) is 57.5 Å². The highest BCUT2D eigenvalue weighted by atomic mass is 19.4. The van der Waals surface area contributed by atoms with Crippen molar-refractivity contribution in [3.8, 4) is 16.9 Å². The first kappa shape index (κ1) is 32.0. The third kappa shape index (κ3) is 6.52. The van der Waals surface area contributed by atoms with Crippen LogP contribution in [0.4, 0.5) is 48.7 Å². The van der Waals surface area contributed by atoms with E-state index < -0.39 is 71.4 Å². The highest BCUT2D eigenvalue weighted by Gasteiger charge is 2.44. The van der Waals surface area contributed by atoms with E-state index in [1.807, 2.05) is 0 Å². The third-order valence-corrected chi connectivity index (χ3v) is 7.14. The first-order valence-corrected chi connectivity index (χ1v) is 12.7. The molecular weight excluding hydrogens is 600 g/mol. The second-order valence-electron chi connectivity index (χ2n) is 9.88. The number of halogens is 10. The van der Waals surface area contributed by atoms with E-state index in [4.69, 9.17) is 9.47 Å². The second kappa shape index (κ2) is 11.3. The molecule has 1 aliphatic rings. The maximum atomic E-state index is 14.5. The molecule has 4 nitrogen and oxygen atoms in total. The Labute approximate surface area is 238 Å². The number of cyclic esters (lactones) is 1. The zero-order valence-corrected chi connectivity index (χ0v) is 22.6. The summed E-state index contributed by atoms with van der Waals surface area (Å²) in [6.45, 7) is 2.36. The zero-order chi connectivity index (χ0) is 32.1. The van der Waals surface area contributed by atoms with Gasteiger partial charge in [-0.05, 0) is 72.0 Å². The van der Waals surface area contributed by atoms with Crippen LogP contribution in [0.25, 0.3) is 11.1 Å². The second-order valence-corrected chi connectivity index (χ2v) is 9.88. The van der Waals surface area contributed by atoms with Crippen molar-refractivity contribution >= 4 is 6.09 Å². The van der Waals surface area contributed by atoms with Gasteiger partial charge in [0.25, 0.3) is 0 Å². The van der Waals surface area contributed by atoms with E-state index in [2.05, 4.69) is 0 Å². The molecule has 232 valence electrons. The van der Waals surface area contributed by atoms with Gasteiger partial charge in [-0.25, -0.2) is 9.18 Å². The van der Waals surface area contributed by atoms with E-state index in [0.717, 1.165) is 29.2 Å². The van der Waals surface area contributed by atoms with Crippen molar-refractivity contribution in [1.29, 1.82) is 0 Å². The molecule has 43 heavy (non-hydrogen) atoms. The Morgan fingerprint density at radius 1 is 0.791 bits per heavy atom. The van der Waals surface area contributed by atoms with Crippen molar-refractivity contribution in [3.05, 3.63) is 87.7 Å². The lowest BCUT2D eigenvalue weighted by Crippen LogP contribution is -2.32. The predicted octanol–water partition coefficient (Wildman–Crippen LogP) is 9.20. The average molecular weight is 623 g/mol. The lowest BCUT2D eigenvalue weighted by molar-refractivity contribution is -0.143. The molecule has 1 saturated heterocycles. The number of hydrogen-bond donors (Lipinski definition) is 0. The fraction of sp³-hybridized carbons (Fsp3) is 0.345. The van der Waals surface area contributed by atoms with Crippen molar-refractivity contribution in [2.24, 2.45) is 0 Å². The number of methoxy groups -OCH3 is 1. The van der Waals surface area contributed by atoms with Crippen molar-refractivity contribution in [3.63, 3.8) is 0 Å². The molecule has 14 heteroatoms. The van der Waals surface area contributed by atoms with Gasteiger partial charge in [0.1, 0.15) is 17.7 Å². The molecule has 1 fully saturated rings. The van der Waals surface area contributed by atoms with E-state index in [0.29, 0.717) is 12.1 Å². The van der Waals surface area contributed by atoms with Crippen LogP contribution in [0.2, 0.25) is 0 Å². The standard InChI is InChI=1S/C29H23F10NO3/c1-4-15-10-22(24(42-3)12-23(15)30)21-6-5-18(27(31,32)33)9-17(21)13-40-14(2)25(43-26(40)41)16-7-19(28(34,35)36)11-20(8-16)29(37,38)39/h5-12,14,25H,4,13H2,1-3H3. The van der Waals surface area contributed by atoms with Gasteiger partial charge in [0.05, 0.1) is 36.4 Å². The average Bonchev–Trinajstić information content (AvgIpc) is 3.19. The molecule has 0 N–H and O–H groups in total. The Morgan fingerprint density at radius 3 is 1.88 bits per heavy atom. The molecule has 0 saturated carbocycles. The number of hydrogen-bond acceptors (Lipinski definition) is 3. The smallest absolute Gasteiger partial charge is 0.416 e. The SMILES string of the molecule is CCc1cc(-c2ccc(C(F)(F)F)cc2CN2C(=O)OC(c3cc(C(F)(F)F)cc(C(F)(F)F)c3)C2C)c(OC)cc1F. The van der Waals surface area contributed by atoms with Crippen LogP contribution in [0.5, 0.6) is 5.75 Å². The minimum atomic E-state index is -5.15. The maximum absolute atomic E-state index is 14.5. The van der Waals surface area contributed by atoms with Gasteiger partial charge in [-0.15, -0.1) is 0 Å². The number of alkyl halides is 9. The summed E-state index contributed by atoms with van der Waals surface area (Å²) < 4.78 is 146. The van der Waals surface area contributed by atoms with Crippen molar-refractivity contribution in [1.82, 2.24) is 4.90 Å². The number of amides is 1. The van der Waals surface area contributed by atoms with E-state index in [1.165, 1.54) is 20.1 Å². The molecule has 2 atom stereocenters. The summed E-state index contributed by atoms with van der Waals surface area (Å²) in [7, 11) is 1.22. The van der Waals surface area contributed by atoms with Crippen LogP contribution in [0.3, 0.4) is 0 Å². The normalized spacial score (nSPS) is 17.8. The predicted molar refractivity (Wildman–Crippen MR) is 133 cm³/mol. The van der Waals surface area contributed by atoms with E-state index in [-0.39, 0.29) is 40.5 Å². The largest absolute Gasteiger partial charge is 0.496 e. The Hall–Kier alpha value is -3.97. The molecule has 2 unspecified atom stereocenters. The number of carbonyl (C=O) groups is 1. The third-order valence-electron chi connectivity index (χ3n) is 7.14. The van der Waals surface area contributed by atoms with Gasteiger partial charge in [0, 0.05) is 11.6 Å². The lowest BCUT2D eigenvalue weighted by atomic mass is 9.93. The molecule has 0 bridgehead atoms. The number of benzene rings is 3. The van der Waals surface area contributed by atoms with Gasteiger partial charge in [0.15, 0.2) is 0 Å². The van der Waals surface area contributed by atoms with E-state index >= 15 is 0 Å². The molecule has 1 heterocycles. The first-order valence-electron chi connectivity index (χ1n) is 12.7. The highest BCUT2D eigenvalue weighted by Crippen LogP contribution is 2.43. The molecule has 3 aromatic rings. The molecule has 0 spiro atoms. The summed E-state index contributed by atoms with van der Waals surface area (Å²) in [4.78, 5) is 13.8. The topological polar surface area (TPSA) is 38.8 Å². The summed E-state index contributed by atoms with van der Waals surface area (Å²) >= 11 is 0. The number of nitrogens with zero attached hydrogens (tertiary/aromatic N) is 1. The Kier molecular flexibility index (Phi) is 8.37. The van der Waals surface area contributed by atoms with Gasteiger partial charge >= 0.3 is 24.6 Å². The minimum Gasteiger partial charge on any atom is -0.496 e. The number of aryl methyl sites for hydroxylation is 1. The van der Waals surface area contributed by atoms with Crippen LogP contribution in [0.15, 0.2) is 48.5 Å². The van der Waals surface area contributed by atoms with Crippen LogP contribution < -0.4 is 4.74 Å². The minimum absolute atomic E-state index is 0.0192. The molecule has 0 aromatic heterocycles. The molecule has 4 rings (SSSR count). The molecule has 0 radical (unpaired) electrons. The summed E-state index contributed by atoms with van der Waals surface area (Å²) in [6, 6.07) is 4.67. The summed E-state index contributed by atoms with van der Waals surface area (Å²) in [5.41, 5.74) is -4.47. The van der Waals surface area contributed by atoms with Gasteiger partial charge in [-0.2, -0.15) is 39.5 Å². The monoisotopic (exact) mass is 623 g/mol. The Morgan fingerprint density at radius 2 is 1.37 bits per heavy atom. The number of rotatable bonds is 6. The molecule has 1 aliphatic heterocycles. The highest BCUT2D eigenvalue weighted by molar-refractivity contribution is 5.76. The zero-order valence-electron chi connectivity index (χ0n) is 22.6.